The molecule has 2 N–H and O–H groups in total. The van der Waals surface area contributed by atoms with Crippen molar-refractivity contribution < 1.29 is 4.79 Å². The zero-order chi connectivity index (χ0) is 10.5. The molecule has 0 bridgehead atoms. The predicted octanol–water partition coefficient (Wildman–Crippen LogP) is 2.74. The first-order valence-electron chi connectivity index (χ1n) is 5.09. The second-order valence-corrected chi connectivity index (χ2v) is 5.03. The molecule has 1 heterocycles. The van der Waals surface area contributed by atoms with Gasteiger partial charge in [-0.1, -0.05) is 6.07 Å². The molecule has 3 nitrogen and oxygen atoms in total. The van der Waals surface area contributed by atoms with Gasteiger partial charge in [-0.3, -0.25) is 4.79 Å². The Bertz CT molecular complexity index is 440. The Morgan fingerprint density at radius 2 is 2.13 bits per heavy atom. The number of benzene rings is 1. The van der Waals surface area contributed by atoms with Crippen LogP contribution < -0.4 is 10.6 Å². The highest BCUT2D eigenvalue weighted by Crippen LogP contribution is 2.43. The number of carbonyl (C=O) groups excluding carboxylic acids is 1. The van der Waals surface area contributed by atoms with E-state index in [0.29, 0.717) is 0 Å². The van der Waals surface area contributed by atoms with Gasteiger partial charge in [0, 0.05) is 4.47 Å². The first kappa shape index (κ1) is 9.21. The van der Waals surface area contributed by atoms with E-state index < -0.39 is 0 Å². The van der Waals surface area contributed by atoms with Gasteiger partial charge in [-0.2, -0.15) is 0 Å². The van der Waals surface area contributed by atoms with Gasteiger partial charge in [0.2, 0.25) is 5.91 Å². The van der Waals surface area contributed by atoms with E-state index in [1.54, 1.807) is 0 Å². The lowest BCUT2D eigenvalue weighted by atomic mass is 9.74. The zero-order valence-corrected chi connectivity index (χ0v) is 9.73. The molecule has 1 spiro atoms. The Hall–Kier alpha value is -1.03. The van der Waals surface area contributed by atoms with E-state index in [2.05, 4.69) is 26.6 Å². The quantitative estimate of drug-likeness (QED) is 0.758. The number of anilines is 2. The van der Waals surface area contributed by atoms with E-state index in [1.807, 2.05) is 18.2 Å². The maximum Gasteiger partial charge on any atom is 0.250 e. The van der Waals surface area contributed by atoms with Crippen molar-refractivity contribution in [3.63, 3.8) is 0 Å². The molecule has 15 heavy (non-hydrogen) atoms. The lowest BCUT2D eigenvalue weighted by molar-refractivity contribution is -0.123. The van der Waals surface area contributed by atoms with Crippen molar-refractivity contribution in [3.8, 4) is 0 Å². The molecular formula is C11H11BrN2O. The van der Waals surface area contributed by atoms with Gasteiger partial charge in [0.25, 0.3) is 0 Å². The topological polar surface area (TPSA) is 41.1 Å². The SMILES string of the molecule is O=C1Nc2c(Br)cccc2NC12CCC2. The number of halogens is 1. The van der Waals surface area contributed by atoms with Crippen LogP contribution in [0.1, 0.15) is 19.3 Å². The van der Waals surface area contributed by atoms with Crippen LogP contribution >= 0.6 is 15.9 Å². The summed E-state index contributed by atoms with van der Waals surface area (Å²) in [4.78, 5) is 11.9. The average Bonchev–Trinajstić information content (AvgIpc) is 2.16. The molecule has 1 aliphatic heterocycles. The number of hydrogen-bond acceptors (Lipinski definition) is 2. The largest absolute Gasteiger partial charge is 0.369 e. The average molecular weight is 267 g/mol. The van der Waals surface area contributed by atoms with E-state index in [-0.39, 0.29) is 11.4 Å². The summed E-state index contributed by atoms with van der Waals surface area (Å²) >= 11 is 3.43. The Morgan fingerprint density at radius 1 is 1.33 bits per heavy atom. The third-order valence-electron chi connectivity index (χ3n) is 3.27. The fourth-order valence-electron chi connectivity index (χ4n) is 2.19. The smallest absolute Gasteiger partial charge is 0.250 e. The number of fused-ring (bicyclic) bond motifs is 1. The Labute approximate surface area is 96.4 Å². The van der Waals surface area contributed by atoms with Crippen molar-refractivity contribution in [3.05, 3.63) is 22.7 Å². The van der Waals surface area contributed by atoms with Gasteiger partial charge < -0.3 is 10.6 Å². The van der Waals surface area contributed by atoms with Crippen LogP contribution in [-0.4, -0.2) is 11.4 Å². The summed E-state index contributed by atoms with van der Waals surface area (Å²) in [7, 11) is 0. The Kier molecular flexibility index (Phi) is 1.83. The summed E-state index contributed by atoms with van der Waals surface area (Å²) in [6, 6.07) is 5.90. The number of rotatable bonds is 0. The third-order valence-corrected chi connectivity index (χ3v) is 3.93. The van der Waals surface area contributed by atoms with Gasteiger partial charge in [-0.15, -0.1) is 0 Å². The van der Waals surface area contributed by atoms with Crippen LogP contribution in [0.2, 0.25) is 0 Å². The molecule has 1 aromatic carbocycles. The van der Waals surface area contributed by atoms with Crippen LogP contribution in [0, 0.1) is 0 Å². The molecule has 0 unspecified atom stereocenters. The van der Waals surface area contributed by atoms with Gasteiger partial charge in [0.15, 0.2) is 0 Å². The van der Waals surface area contributed by atoms with Crippen molar-refractivity contribution in [2.24, 2.45) is 0 Å². The second-order valence-electron chi connectivity index (χ2n) is 4.18. The number of amides is 1. The molecule has 1 amide bonds. The number of hydrogen-bond donors (Lipinski definition) is 2. The number of nitrogens with one attached hydrogen (secondary N) is 2. The van der Waals surface area contributed by atoms with E-state index in [9.17, 15) is 4.79 Å². The molecule has 1 fully saturated rings. The van der Waals surface area contributed by atoms with E-state index >= 15 is 0 Å². The highest BCUT2D eigenvalue weighted by atomic mass is 79.9. The fraction of sp³-hybridized carbons (Fsp3) is 0.364. The third kappa shape index (κ3) is 1.21. The summed E-state index contributed by atoms with van der Waals surface area (Å²) in [6.07, 6.45) is 3.00. The maximum atomic E-state index is 11.9. The molecular weight excluding hydrogens is 256 g/mol. The summed E-state index contributed by atoms with van der Waals surface area (Å²) in [5, 5.41) is 6.33. The molecule has 78 valence electrons. The van der Waals surface area contributed by atoms with Crippen molar-refractivity contribution in [2.75, 3.05) is 10.6 Å². The zero-order valence-electron chi connectivity index (χ0n) is 8.14. The van der Waals surface area contributed by atoms with Crippen molar-refractivity contribution in [1.82, 2.24) is 0 Å². The summed E-state index contributed by atoms with van der Waals surface area (Å²) < 4.78 is 0.926. The first-order valence-corrected chi connectivity index (χ1v) is 5.89. The summed E-state index contributed by atoms with van der Waals surface area (Å²) in [5.74, 6) is 0.105. The highest BCUT2D eigenvalue weighted by molar-refractivity contribution is 9.10. The minimum absolute atomic E-state index is 0.105. The molecule has 4 heteroatoms. The minimum Gasteiger partial charge on any atom is -0.369 e. The van der Waals surface area contributed by atoms with Gasteiger partial charge in [-0.05, 0) is 47.3 Å². The van der Waals surface area contributed by atoms with Gasteiger partial charge >= 0.3 is 0 Å². The van der Waals surface area contributed by atoms with Crippen molar-refractivity contribution in [2.45, 2.75) is 24.8 Å². The van der Waals surface area contributed by atoms with Gasteiger partial charge in [0.1, 0.15) is 5.54 Å². The number of carbonyl (C=O) groups is 1. The lowest BCUT2D eigenvalue weighted by Crippen LogP contribution is -2.57. The minimum atomic E-state index is -0.326. The van der Waals surface area contributed by atoms with Crippen molar-refractivity contribution >= 4 is 33.2 Å². The number of para-hydroxylation sites is 1. The normalized spacial score (nSPS) is 21.3. The fourth-order valence-corrected chi connectivity index (χ4v) is 2.65. The maximum absolute atomic E-state index is 11.9. The molecule has 0 saturated heterocycles. The Balaban J connectivity index is 2.06. The molecule has 1 aliphatic carbocycles. The molecule has 0 radical (unpaired) electrons. The van der Waals surface area contributed by atoms with Gasteiger partial charge in [0.05, 0.1) is 11.4 Å². The van der Waals surface area contributed by atoms with Crippen LogP contribution in [0.15, 0.2) is 22.7 Å². The van der Waals surface area contributed by atoms with Crippen LogP contribution in [-0.2, 0) is 4.79 Å². The van der Waals surface area contributed by atoms with Crippen molar-refractivity contribution in [1.29, 1.82) is 0 Å². The van der Waals surface area contributed by atoms with Crippen LogP contribution in [0.4, 0.5) is 11.4 Å². The Morgan fingerprint density at radius 3 is 2.80 bits per heavy atom. The van der Waals surface area contributed by atoms with E-state index in [0.717, 1.165) is 35.1 Å². The monoisotopic (exact) mass is 266 g/mol. The molecule has 0 aromatic heterocycles. The molecule has 3 rings (SSSR count). The lowest BCUT2D eigenvalue weighted by Gasteiger charge is -2.45. The van der Waals surface area contributed by atoms with Crippen LogP contribution in [0.25, 0.3) is 0 Å². The molecule has 1 saturated carbocycles. The molecule has 1 aromatic rings. The molecule has 0 atom stereocenters. The highest BCUT2D eigenvalue weighted by Gasteiger charge is 2.47. The van der Waals surface area contributed by atoms with E-state index in [4.69, 9.17) is 0 Å². The summed E-state index contributed by atoms with van der Waals surface area (Å²) in [5.41, 5.74) is 1.55. The predicted molar refractivity (Wildman–Crippen MR) is 63.0 cm³/mol. The summed E-state index contributed by atoms with van der Waals surface area (Å²) in [6.45, 7) is 0. The van der Waals surface area contributed by atoms with Gasteiger partial charge in [-0.25, -0.2) is 0 Å². The second kappa shape index (κ2) is 2.98. The van der Waals surface area contributed by atoms with E-state index in [1.165, 1.54) is 0 Å². The first-order chi connectivity index (χ1) is 7.21. The van der Waals surface area contributed by atoms with Crippen LogP contribution in [0.3, 0.4) is 0 Å². The standard InChI is InChI=1S/C11H11BrN2O/c12-7-3-1-4-8-9(7)13-10(15)11(14-8)5-2-6-11/h1,3-4,14H,2,5-6H2,(H,13,15). The van der Waals surface area contributed by atoms with Crippen LogP contribution in [0.5, 0.6) is 0 Å². The molecule has 2 aliphatic rings.